The van der Waals surface area contributed by atoms with Gasteiger partial charge in [0.1, 0.15) is 0 Å². The van der Waals surface area contributed by atoms with Gasteiger partial charge in [0.05, 0.1) is 13.2 Å². The Labute approximate surface area is 86.2 Å². The molecule has 1 aromatic heterocycles. The Morgan fingerprint density at radius 2 is 2.40 bits per heavy atom. The molecule has 0 saturated carbocycles. The lowest BCUT2D eigenvalue weighted by Crippen LogP contribution is -2.25. The van der Waals surface area contributed by atoms with Crippen LogP contribution in [0.2, 0.25) is 0 Å². The van der Waals surface area contributed by atoms with Gasteiger partial charge in [-0.2, -0.15) is 4.39 Å². The van der Waals surface area contributed by atoms with Crippen molar-refractivity contribution in [3.05, 3.63) is 29.8 Å². The number of hydrogen-bond donors (Lipinski definition) is 1. The number of pyridine rings is 1. The van der Waals surface area contributed by atoms with E-state index in [1.54, 1.807) is 0 Å². The second-order valence-corrected chi connectivity index (χ2v) is 2.64. The number of nitrogens with one attached hydrogen (secondary N) is 1. The average molecular weight is 214 g/mol. The summed E-state index contributed by atoms with van der Waals surface area (Å²) < 4.78 is 17.3. The van der Waals surface area contributed by atoms with Gasteiger partial charge in [-0.05, 0) is 6.07 Å². The van der Waals surface area contributed by atoms with Crippen LogP contribution in [0.3, 0.4) is 0 Å². The summed E-state index contributed by atoms with van der Waals surface area (Å²) in [6.45, 7) is 0.598. The number of rotatable bonds is 5. The Morgan fingerprint density at radius 3 is 3.07 bits per heavy atom. The zero-order valence-electron chi connectivity index (χ0n) is 8.20. The van der Waals surface area contributed by atoms with E-state index in [4.69, 9.17) is 9.57 Å². The van der Waals surface area contributed by atoms with Crippen molar-refractivity contribution in [3.63, 3.8) is 0 Å². The highest BCUT2D eigenvalue weighted by molar-refractivity contribution is 5.93. The molecule has 82 valence electrons. The first kappa shape index (κ1) is 11.5. The molecular weight excluding hydrogens is 203 g/mol. The van der Waals surface area contributed by atoms with Crippen molar-refractivity contribution in [2.45, 2.75) is 0 Å². The molecule has 0 fully saturated rings. The van der Waals surface area contributed by atoms with Gasteiger partial charge in [-0.15, -0.1) is 0 Å². The SMILES string of the molecule is COCCONC(=O)c1ccnc(F)c1. The first-order valence-corrected chi connectivity index (χ1v) is 4.26. The molecule has 0 aliphatic rings. The molecule has 0 spiro atoms. The van der Waals surface area contributed by atoms with E-state index in [9.17, 15) is 9.18 Å². The number of aromatic nitrogens is 1. The predicted molar refractivity (Wildman–Crippen MR) is 49.5 cm³/mol. The fraction of sp³-hybridized carbons (Fsp3) is 0.333. The van der Waals surface area contributed by atoms with Crippen molar-refractivity contribution in [2.75, 3.05) is 20.3 Å². The summed E-state index contributed by atoms with van der Waals surface area (Å²) in [6.07, 6.45) is 1.21. The minimum absolute atomic E-state index is 0.153. The quantitative estimate of drug-likeness (QED) is 0.441. The number of ether oxygens (including phenoxy) is 1. The van der Waals surface area contributed by atoms with E-state index >= 15 is 0 Å². The fourth-order valence-electron chi connectivity index (χ4n) is 0.844. The molecule has 0 aromatic carbocycles. The molecule has 0 atom stereocenters. The van der Waals surface area contributed by atoms with Gasteiger partial charge >= 0.3 is 0 Å². The van der Waals surface area contributed by atoms with Gasteiger partial charge in [-0.25, -0.2) is 10.5 Å². The Morgan fingerprint density at radius 1 is 1.60 bits per heavy atom. The van der Waals surface area contributed by atoms with Crippen LogP contribution in [0, 0.1) is 5.95 Å². The van der Waals surface area contributed by atoms with Crippen LogP contribution in [-0.4, -0.2) is 31.2 Å². The molecule has 0 aliphatic carbocycles. The average Bonchev–Trinajstić information content (AvgIpc) is 2.24. The summed E-state index contributed by atoms with van der Waals surface area (Å²) in [5, 5.41) is 0. The Kier molecular flexibility index (Phi) is 4.65. The van der Waals surface area contributed by atoms with Crippen molar-refractivity contribution in [3.8, 4) is 0 Å². The van der Waals surface area contributed by atoms with Crippen LogP contribution in [0.15, 0.2) is 18.3 Å². The molecule has 5 nitrogen and oxygen atoms in total. The summed E-state index contributed by atoms with van der Waals surface area (Å²) in [4.78, 5) is 19.4. The van der Waals surface area contributed by atoms with Crippen LogP contribution in [0.25, 0.3) is 0 Å². The van der Waals surface area contributed by atoms with Gasteiger partial charge in [-0.3, -0.25) is 9.63 Å². The molecule has 1 aromatic rings. The zero-order chi connectivity index (χ0) is 11.1. The molecule has 0 aliphatic heterocycles. The first-order chi connectivity index (χ1) is 7.24. The van der Waals surface area contributed by atoms with Crippen LogP contribution in [0.4, 0.5) is 4.39 Å². The number of carbonyl (C=O) groups excluding carboxylic acids is 1. The number of nitrogens with zero attached hydrogens (tertiary/aromatic N) is 1. The van der Waals surface area contributed by atoms with E-state index in [1.165, 1.54) is 19.4 Å². The highest BCUT2D eigenvalue weighted by atomic mass is 19.1. The summed E-state index contributed by atoms with van der Waals surface area (Å²) >= 11 is 0. The highest BCUT2D eigenvalue weighted by Crippen LogP contribution is 1.99. The minimum atomic E-state index is -0.709. The number of halogens is 1. The van der Waals surface area contributed by atoms with E-state index in [2.05, 4.69) is 10.5 Å². The normalized spacial score (nSPS) is 10.0. The van der Waals surface area contributed by atoms with Crippen LogP contribution in [0.1, 0.15) is 10.4 Å². The van der Waals surface area contributed by atoms with E-state index < -0.39 is 11.9 Å². The summed E-state index contributed by atoms with van der Waals surface area (Å²) in [5.41, 5.74) is 2.30. The van der Waals surface area contributed by atoms with Gasteiger partial charge < -0.3 is 4.74 Å². The van der Waals surface area contributed by atoms with Gasteiger partial charge in [0, 0.05) is 24.9 Å². The maximum absolute atomic E-state index is 12.6. The molecule has 1 heterocycles. The van der Waals surface area contributed by atoms with Crippen molar-refractivity contribution in [2.24, 2.45) is 0 Å². The van der Waals surface area contributed by atoms with Gasteiger partial charge in [0.2, 0.25) is 5.95 Å². The molecular formula is C9H11FN2O3. The Balaban J connectivity index is 2.40. The monoisotopic (exact) mass is 214 g/mol. The summed E-state index contributed by atoms with van der Waals surface area (Å²) in [5.74, 6) is -1.23. The van der Waals surface area contributed by atoms with E-state index in [0.29, 0.717) is 6.61 Å². The second-order valence-electron chi connectivity index (χ2n) is 2.64. The fourth-order valence-corrected chi connectivity index (χ4v) is 0.844. The predicted octanol–water partition coefficient (Wildman–Crippen LogP) is 0.528. The molecule has 0 radical (unpaired) electrons. The van der Waals surface area contributed by atoms with Crippen molar-refractivity contribution in [1.82, 2.24) is 10.5 Å². The molecule has 0 saturated heterocycles. The van der Waals surface area contributed by atoms with Crippen LogP contribution in [-0.2, 0) is 9.57 Å². The number of carbonyl (C=O) groups is 1. The molecule has 15 heavy (non-hydrogen) atoms. The van der Waals surface area contributed by atoms with Crippen LogP contribution in [0.5, 0.6) is 0 Å². The van der Waals surface area contributed by atoms with Crippen molar-refractivity contribution < 1.29 is 18.8 Å². The largest absolute Gasteiger partial charge is 0.382 e. The van der Waals surface area contributed by atoms with E-state index in [1.807, 2.05) is 0 Å². The molecule has 6 heteroatoms. The maximum Gasteiger partial charge on any atom is 0.275 e. The summed E-state index contributed by atoms with van der Waals surface area (Å²) in [6, 6.07) is 2.41. The molecule has 0 unspecified atom stereocenters. The lowest BCUT2D eigenvalue weighted by molar-refractivity contribution is 0.00885. The standard InChI is InChI=1S/C9H11FN2O3/c1-14-4-5-15-12-9(13)7-2-3-11-8(10)6-7/h2-3,6H,4-5H2,1H3,(H,12,13). The second kappa shape index (κ2) is 6.05. The molecule has 1 rings (SSSR count). The number of methoxy groups -OCH3 is 1. The number of hydroxylamine groups is 1. The van der Waals surface area contributed by atoms with Crippen LogP contribution < -0.4 is 5.48 Å². The smallest absolute Gasteiger partial charge is 0.275 e. The third-order valence-corrected chi connectivity index (χ3v) is 1.54. The maximum atomic E-state index is 12.6. The Bertz CT molecular complexity index is 333. The van der Waals surface area contributed by atoms with Gasteiger partial charge in [-0.1, -0.05) is 0 Å². The van der Waals surface area contributed by atoms with Crippen molar-refractivity contribution >= 4 is 5.91 Å². The molecule has 0 bridgehead atoms. The first-order valence-electron chi connectivity index (χ1n) is 4.26. The number of hydrogen-bond acceptors (Lipinski definition) is 4. The highest BCUT2D eigenvalue weighted by Gasteiger charge is 2.06. The molecule has 1 N–H and O–H groups in total. The lowest BCUT2D eigenvalue weighted by Gasteiger charge is -2.04. The minimum Gasteiger partial charge on any atom is -0.382 e. The molecule has 1 amide bonds. The number of amides is 1. The van der Waals surface area contributed by atoms with E-state index in [-0.39, 0.29) is 12.2 Å². The van der Waals surface area contributed by atoms with Gasteiger partial charge in [0.25, 0.3) is 5.91 Å². The third-order valence-electron chi connectivity index (χ3n) is 1.54. The van der Waals surface area contributed by atoms with E-state index in [0.717, 1.165) is 6.07 Å². The zero-order valence-corrected chi connectivity index (χ0v) is 8.20. The Hall–Kier alpha value is -1.53. The topological polar surface area (TPSA) is 60.5 Å². The van der Waals surface area contributed by atoms with Crippen molar-refractivity contribution in [1.29, 1.82) is 0 Å². The lowest BCUT2D eigenvalue weighted by atomic mass is 10.2. The van der Waals surface area contributed by atoms with Gasteiger partial charge in [0.15, 0.2) is 0 Å². The third kappa shape index (κ3) is 4.01. The van der Waals surface area contributed by atoms with Crippen LogP contribution >= 0.6 is 0 Å². The summed E-state index contributed by atoms with van der Waals surface area (Å²) in [7, 11) is 1.52.